The van der Waals surface area contributed by atoms with Gasteiger partial charge in [0.05, 0.1) is 0 Å². The number of hydrogen-bond donors (Lipinski definition) is 0. The smallest absolute Gasteiger partial charge is 0.211 e. The molecule has 102 valence electrons. The maximum atomic E-state index is 12.0. The van der Waals surface area contributed by atoms with Gasteiger partial charge in [-0.1, -0.05) is 55.3 Å². The van der Waals surface area contributed by atoms with E-state index < -0.39 is 6.43 Å². The lowest BCUT2D eigenvalue weighted by atomic mass is 9.99. The van der Waals surface area contributed by atoms with Crippen LogP contribution in [0.2, 0.25) is 0 Å². The second-order valence-corrected chi connectivity index (χ2v) is 4.98. The number of hydrogen-bond acceptors (Lipinski definition) is 0. The van der Waals surface area contributed by atoms with Crippen molar-refractivity contribution in [2.45, 2.75) is 45.0 Å². The van der Waals surface area contributed by atoms with Crippen LogP contribution in [0.4, 0.5) is 8.78 Å². The summed E-state index contributed by atoms with van der Waals surface area (Å²) in [6.07, 6.45) is 2.62. The first kappa shape index (κ1) is 14.0. The average Bonchev–Trinajstić information content (AvgIpc) is 2.42. The Morgan fingerprint density at radius 1 is 0.789 bits per heavy atom. The van der Waals surface area contributed by atoms with E-state index in [9.17, 15) is 8.78 Å². The summed E-state index contributed by atoms with van der Waals surface area (Å²) >= 11 is 0. The van der Waals surface area contributed by atoms with E-state index in [0.717, 1.165) is 25.7 Å². The van der Waals surface area contributed by atoms with Crippen molar-refractivity contribution in [3.05, 3.63) is 48.0 Å². The Labute approximate surface area is 113 Å². The van der Waals surface area contributed by atoms with E-state index in [1.54, 1.807) is 0 Å². The fourth-order valence-corrected chi connectivity index (χ4v) is 2.48. The van der Waals surface area contributed by atoms with Crippen LogP contribution in [0, 0.1) is 0 Å². The van der Waals surface area contributed by atoms with Crippen molar-refractivity contribution in [2.75, 3.05) is 0 Å². The third kappa shape index (κ3) is 4.30. The Morgan fingerprint density at radius 3 is 2.37 bits per heavy atom. The number of alkyl halides is 2. The second-order valence-electron chi connectivity index (χ2n) is 4.98. The van der Waals surface area contributed by atoms with Crippen LogP contribution in [-0.4, -0.2) is 6.43 Å². The minimum Gasteiger partial charge on any atom is -0.211 e. The summed E-state index contributed by atoms with van der Waals surface area (Å²) in [5.41, 5.74) is 1.37. The van der Waals surface area contributed by atoms with Crippen molar-refractivity contribution in [3.63, 3.8) is 0 Å². The molecule has 0 amide bonds. The zero-order valence-corrected chi connectivity index (χ0v) is 11.1. The molecule has 19 heavy (non-hydrogen) atoms. The molecule has 0 fully saturated rings. The SMILES string of the molecule is FC(F)CCCCCCc1cccc2ccccc12. The van der Waals surface area contributed by atoms with E-state index in [2.05, 4.69) is 42.5 Å². The first-order valence-electron chi connectivity index (χ1n) is 7.02. The molecule has 0 atom stereocenters. The molecular formula is C17H20F2. The van der Waals surface area contributed by atoms with Crippen molar-refractivity contribution in [1.82, 2.24) is 0 Å². The summed E-state index contributed by atoms with van der Waals surface area (Å²) < 4.78 is 24.0. The number of benzene rings is 2. The molecule has 0 spiro atoms. The Hall–Kier alpha value is -1.44. The molecule has 0 aromatic heterocycles. The van der Waals surface area contributed by atoms with Gasteiger partial charge in [-0.25, -0.2) is 8.78 Å². The summed E-state index contributed by atoms with van der Waals surface area (Å²) in [5, 5.41) is 2.59. The molecule has 0 radical (unpaired) electrons. The van der Waals surface area contributed by atoms with Crippen molar-refractivity contribution in [1.29, 1.82) is 0 Å². The first-order valence-corrected chi connectivity index (χ1v) is 7.02. The lowest BCUT2D eigenvalue weighted by molar-refractivity contribution is 0.133. The lowest BCUT2D eigenvalue weighted by Crippen LogP contribution is -1.91. The van der Waals surface area contributed by atoms with Crippen LogP contribution in [-0.2, 0) is 6.42 Å². The van der Waals surface area contributed by atoms with Crippen LogP contribution in [0.25, 0.3) is 10.8 Å². The van der Waals surface area contributed by atoms with Gasteiger partial charge in [-0.05, 0) is 35.6 Å². The molecule has 0 aliphatic heterocycles. The van der Waals surface area contributed by atoms with E-state index in [1.165, 1.54) is 16.3 Å². The topological polar surface area (TPSA) is 0 Å². The third-order valence-electron chi connectivity index (χ3n) is 3.50. The van der Waals surface area contributed by atoms with Crippen LogP contribution < -0.4 is 0 Å². The fraction of sp³-hybridized carbons (Fsp3) is 0.412. The van der Waals surface area contributed by atoms with Crippen LogP contribution in [0.5, 0.6) is 0 Å². The molecule has 2 aromatic rings. The van der Waals surface area contributed by atoms with Crippen LogP contribution >= 0.6 is 0 Å². The van der Waals surface area contributed by atoms with E-state index in [0.29, 0.717) is 6.42 Å². The highest BCUT2D eigenvalue weighted by Crippen LogP contribution is 2.20. The van der Waals surface area contributed by atoms with Gasteiger partial charge in [-0.3, -0.25) is 0 Å². The fourth-order valence-electron chi connectivity index (χ4n) is 2.48. The second kappa shape index (κ2) is 7.22. The third-order valence-corrected chi connectivity index (χ3v) is 3.50. The maximum absolute atomic E-state index is 12.0. The predicted molar refractivity (Wildman–Crippen MR) is 76.7 cm³/mol. The Balaban J connectivity index is 1.82. The van der Waals surface area contributed by atoms with Gasteiger partial charge in [-0.2, -0.15) is 0 Å². The molecule has 0 N–H and O–H groups in total. The molecule has 2 rings (SSSR count). The summed E-state index contributed by atoms with van der Waals surface area (Å²) in [6.45, 7) is 0. The maximum Gasteiger partial charge on any atom is 0.238 e. The van der Waals surface area contributed by atoms with Crippen molar-refractivity contribution < 1.29 is 8.78 Å². The van der Waals surface area contributed by atoms with Gasteiger partial charge in [0.15, 0.2) is 0 Å². The zero-order chi connectivity index (χ0) is 13.5. The summed E-state index contributed by atoms with van der Waals surface area (Å²) in [7, 11) is 0. The Bertz CT molecular complexity index is 500. The van der Waals surface area contributed by atoms with Crippen LogP contribution in [0.15, 0.2) is 42.5 Å². The minimum absolute atomic E-state index is 0.0499. The quantitative estimate of drug-likeness (QED) is 0.570. The Morgan fingerprint density at radius 2 is 1.53 bits per heavy atom. The Kier molecular flexibility index (Phi) is 5.31. The van der Waals surface area contributed by atoms with E-state index >= 15 is 0 Å². The molecule has 2 heteroatoms. The normalized spacial score (nSPS) is 11.3. The average molecular weight is 262 g/mol. The van der Waals surface area contributed by atoms with Gasteiger partial charge in [0, 0.05) is 6.42 Å². The molecule has 0 unspecified atom stereocenters. The molecular weight excluding hydrogens is 242 g/mol. The van der Waals surface area contributed by atoms with E-state index in [1.807, 2.05) is 0 Å². The summed E-state index contributed by atoms with van der Waals surface area (Å²) in [4.78, 5) is 0. The standard InChI is InChI=1S/C17H20F2/c18-17(19)13-4-2-1-3-8-14-10-7-11-15-9-5-6-12-16(14)15/h5-7,9-12,17H,1-4,8,13H2. The molecule has 0 saturated heterocycles. The summed E-state index contributed by atoms with van der Waals surface area (Å²) in [6, 6.07) is 14.8. The van der Waals surface area contributed by atoms with Gasteiger partial charge < -0.3 is 0 Å². The monoisotopic (exact) mass is 262 g/mol. The van der Waals surface area contributed by atoms with Crippen molar-refractivity contribution >= 4 is 10.8 Å². The molecule has 2 aromatic carbocycles. The largest absolute Gasteiger partial charge is 0.238 e. The van der Waals surface area contributed by atoms with Gasteiger partial charge in [0.25, 0.3) is 0 Å². The van der Waals surface area contributed by atoms with Crippen molar-refractivity contribution in [2.24, 2.45) is 0 Å². The molecule has 0 nitrogen and oxygen atoms in total. The molecule has 0 saturated carbocycles. The molecule has 0 heterocycles. The highest BCUT2D eigenvalue weighted by atomic mass is 19.3. The number of rotatable bonds is 7. The minimum atomic E-state index is -2.14. The van der Waals surface area contributed by atoms with E-state index in [-0.39, 0.29) is 6.42 Å². The highest BCUT2D eigenvalue weighted by Gasteiger charge is 2.02. The number of fused-ring (bicyclic) bond motifs is 1. The highest BCUT2D eigenvalue weighted by molar-refractivity contribution is 5.85. The molecule has 0 bridgehead atoms. The predicted octanol–water partition coefficient (Wildman–Crippen LogP) is 5.60. The molecule has 0 aliphatic rings. The molecule has 0 aliphatic carbocycles. The van der Waals surface area contributed by atoms with Gasteiger partial charge >= 0.3 is 0 Å². The first-order chi connectivity index (χ1) is 9.27. The van der Waals surface area contributed by atoms with Crippen LogP contribution in [0.1, 0.15) is 37.7 Å². The van der Waals surface area contributed by atoms with Crippen LogP contribution in [0.3, 0.4) is 0 Å². The van der Waals surface area contributed by atoms with Gasteiger partial charge in [0.2, 0.25) is 6.43 Å². The van der Waals surface area contributed by atoms with Gasteiger partial charge in [-0.15, -0.1) is 0 Å². The van der Waals surface area contributed by atoms with Crippen molar-refractivity contribution in [3.8, 4) is 0 Å². The van der Waals surface area contributed by atoms with E-state index in [4.69, 9.17) is 0 Å². The number of aryl methyl sites for hydroxylation is 1. The zero-order valence-electron chi connectivity index (χ0n) is 11.1. The summed E-state index contributed by atoms with van der Waals surface area (Å²) in [5.74, 6) is 0. The number of halogens is 2. The lowest BCUT2D eigenvalue weighted by Gasteiger charge is -2.06. The van der Waals surface area contributed by atoms with Gasteiger partial charge in [0.1, 0.15) is 0 Å². The number of unbranched alkanes of at least 4 members (excludes halogenated alkanes) is 3.